The number of rotatable bonds is 7. The molecule has 0 aromatic heterocycles. The minimum Gasteiger partial charge on any atom is -0.497 e. The van der Waals surface area contributed by atoms with Crippen LogP contribution in [0.2, 0.25) is 0 Å². The third kappa shape index (κ3) is 4.53. The van der Waals surface area contributed by atoms with Crippen LogP contribution in [0.5, 0.6) is 5.75 Å². The number of aliphatic hydroxyl groups is 1. The largest absolute Gasteiger partial charge is 0.497 e. The van der Waals surface area contributed by atoms with Crippen LogP contribution < -0.4 is 4.74 Å². The number of ether oxygens (including phenoxy) is 1. The Morgan fingerprint density at radius 3 is 2.52 bits per heavy atom. The first-order chi connectivity index (χ1) is 11.9. The van der Waals surface area contributed by atoms with E-state index in [9.17, 15) is 9.90 Å². The molecule has 1 aromatic rings. The maximum atomic E-state index is 13.0. The molecule has 5 nitrogen and oxygen atoms in total. The zero-order chi connectivity index (χ0) is 18.0. The summed E-state index contributed by atoms with van der Waals surface area (Å²) >= 11 is 0. The van der Waals surface area contributed by atoms with E-state index in [0.717, 1.165) is 43.5 Å². The number of methoxy groups -OCH3 is 1. The van der Waals surface area contributed by atoms with Gasteiger partial charge in [-0.05, 0) is 63.8 Å². The van der Waals surface area contributed by atoms with E-state index >= 15 is 0 Å². The molecule has 1 unspecified atom stereocenters. The Kier molecular flexibility index (Phi) is 5.35. The highest BCUT2D eigenvalue weighted by Gasteiger charge is 2.39. The molecule has 1 saturated heterocycles. The number of likely N-dealkylation sites (tertiary alicyclic amines) is 1. The molecule has 0 radical (unpaired) electrons. The molecular weight excluding hydrogens is 316 g/mol. The lowest BCUT2D eigenvalue weighted by Gasteiger charge is -2.34. The van der Waals surface area contributed by atoms with Crippen molar-refractivity contribution in [3.8, 4) is 5.75 Å². The van der Waals surface area contributed by atoms with Crippen LogP contribution in [0.25, 0.3) is 0 Å². The van der Waals surface area contributed by atoms with Gasteiger partial charge in [-0.25, -0.2) is 0 Å². The van der Waals surface area contributed by atoms with Gasteiger partial charge >= 0.3 is 0 Å². The molecule has 5 heteroatoms. The van der Waals surface area contributed by atoms with Crippen molar-refractivity contribution in [2.75, 3.05) is 20.2 Å². The molecule has 2 fully saturated rings. The minimum absolute atomic E-state index is 0.0680. The number of nitrogens with zero attached hydrogens (tertiary/aromatic N) is 2. The molecule has 1 amide bonds. The molecule has 1 N–H and O–H groups in total. The number of hydrogen-bond donors (Lipinski definition) is 1. The fraction of sp³-hybridized carbons (Fsp3) is 0.650. The predicted octanol–water partition coefficient (Wildman–Crippen LogP) is 2.42. The number of amides is 1. The van der Waals surface area contributed by atoms with Crippen molar-refractivity contribution in [2.24, 2.45) is 0 Å². The van der Waals surface area contributed by atoms with E-state index in [4.69, 9.17) is 4.74 Å². The molecule has 1 aliphatic carbocycles. The lowest BCUT2D eigenvalue weighted by Crippen LogP contribution is -2.49. The Labute approximate surface area is 150 Å². The predicted molar refractivity (Wildman–Crippen MR) is 97.5 cm³/mol. The van der Waals surface area contributed by atoms with Gasteiger partial charge in [0.05, 0.1) is 19.3 Å². The molecule has 138 valence electrons. The summed E-state index contributed by atoms with van der Waals surface area (Å²) in [5, 5.41) is 10.4. The van der Waals surface area contributed by atoms with E-state index in [2.05, 4.69) is 4.90 Å². The van der Waals surface area contributed by atoms with E-state index in [1.807, 2.05) is 43.0 Å². The van der Waals surface area contributed by atoms with E-state index in [-0.39, 0.29) is 11.9 Å². The third-order valence-electron chi connectivity index (χ3n) is 5.34. The highest BCUT2D eigenvalue weighted by Crippen LogP contribution is 2.31. The van der Waals surface area contributed by atoms with Gasteiger partial charge < -0.3 is 14.7 Å². The van der Waals surface area contributed by atoms with Crippen LogP contribution in [-0.4, -0.2) is 58.7 Å². The molecule has 25 heavy (non-hydrogen) atoms. The van der Waals surface area contributed by atoms with Crippen LogP contribution in [0.3, 0.4) is 0 Å². The topological polar surface area (TPSA) is 53.0 Å². The second-order valence-electron chi connectivity index (χ2n) is 7.88. The number of hydrogen-bond acceptors (Lipinski definition) is 4. The minimum atomic E-state index is -0.767. The van der Waals surface area contributed by atoms with Gasteiger partial charge in [-0.15, -0.1) is 0 Å². The molecule has 1 saturated carbocycles. The van der Waals surface area contributed by atoms with Crippen molar-refractivity contribution >= 4 is 5.91 Å². The Bertz CT molecular complexity index is 590. The van der Waals surface area contributed by atoms with Crippen molar-refractivity contribution in [1.29, 1.82) is 0 Å². The highest BCUT2D eigenvalue weighted by atomic mass is 16.5. The van der Waals surface area contributed by atoms with Crippen molar-refractivity contribution in [2.45, 2.75) is 63.8 Å². The first-order valence-corrected chi connectivity index (χ1v) is 9.27. The Morgan fingerprint density at radius 1 is 1.28 bits per heavy atom. The van der Waals surface area contributed by atoms with E-state index in [1.54, 1.807) is 7.11 Å². The van der Waals surface area contributed by atoms with Crippen molar-refractivity contribution in [1.82, 2.24) is 9.80 Å². The van der Waals surface area contributed by atoms with E-state index in [1.165, 1.54) is 0 Å². The fourth-order valence-corrected chi connectivity index (χ4v) is 3.81. The van der Waals surface area contributed by atoms with Crippen molar-refractivity contribution < 1.29 is 14.6 Å². The highest BCUT2D eigenvalue weighted by molar-refractivity contribution is 5.79. The lowest BCUT2D eigenvalue weighted by atomic mass is 9.97. The van der Waals surface area contributed by atoms with Gasteiger partial charge in [0.15, 0.2) is 0 Å². The Balaban J connectivity index is 1.65. The Morgan fingerprint density at radius 2 is 1.96 bits per heavy atom. The second-order valence-corrected chi connectivity index (χ2v) is 7.88. The average Bonchev–Trinajstić information content (AvgIpc) is 3.30. The number of carbonyl (C=O) groups is 1. The molecule has 3 rings (SSSR count). The second kappa shape index (κ2) is 7.34. The van der Waals surface area contributed by atoms with E-state index in [0.29, 0.717) is 19.1 Å². The standard InChI is InChI=1S/C20H30N2O3/c1-20(2,24)18-5-4-12-21(18)14-19(23)22(16-8-9-16)13-15-6-10-17(25-3)11-7-15/h6-7,10-11,16,18,24H,4-5,8-9,12-14H2,1-3H3. The van der Waals surface area contributed by atoms with Crippen LogP contribution in [0.15, 0.2) is 24.3 Å². The molecule has 1 aliphatic heterocycles. The summed E-state index contributed by atoms with van der Waals surface area (Å²) < 4.78 is 5.20. The fourth-order valence-electron chi connectivity index (χ4n) is 3.81. The summed E-state index contributed by atoms with van der Waals surface area (Å²) in [6.45, 7) is 5.63. The molecular formula is C20H30N2O3. The van der Waals surface area contributed by atoms with Crippen LogP contribution in [-0.2, 0) is 11.3 Å². The summed E-state index contributed by atoms with van der Waals surface area (Å²) in [7, 11) is 1.66. The summed E-state index contributed by atoms with van der Waals surface area (Å²) in [4.78, 5) is 17.1. The molecule has 2 aliphatic rings. The van der Waals surface area contributed by atoms with Crippen LogP contribution >= 0.6 is 0 Å². The van der Waals surface area contributed by atoms with Gasteiger partial charge in [0.2, 0.25) is 5.91 Å². The third-order valence-corrected chi connectivity index (χ3v) is 5.34. The maximum Gasteiger partial charge on any atom is 0.237 e. The van der Waals surface area contributed by atoms with Gasteiger partial charge in [0.1, 0.15) is 5.75 Å². The zero-order valence-corrected chi connectivity index (χ0v) is 15.6. The smallest absolute Gasteiger partial charge is 0.237 e. The normalized spacial score (nSPS) is 21.4. The van der Waals surface area contributed by atoms with E-state index < -0.39 is 5.60 Å². The number of benzene rings is 1. The van der Waals surface area contributed by atoms with Gasteiger partial charge in [-0.3, -0.25) is 9.69 Å². The maximum absolute atomic E-state index is 13.0. The quantitative estimate of drug-likeness (QED) is 0.824. The molecule has 1 atom stereocenters. The van der Waals surface area contributed by atoms with Crippen LogP contribution in [0.4, 0.5) is 0 Å². The molecule has 1 aromatic carbocycles. The molecule has 0 bridgehead atoms. The first-order valence-electron chi connectivity index (χ1n) is 9.27. The SMILES string of the molecule is COc1ccc(CN(C(=O)CN2CCCC2C(C)(C)O)C2CC2)cc1. The summed E-state index contributed by atoms with van der Waals surface area (Å²) in [5.41, 5.74) is 0.360. The average molecular weight is 346 g/mol. The van der Waals surface area contributed by atoms with Gasteiger partial charge in [0, 0.05) is 18.6 Å². The molecule has 0 spiro atoms. The van der Waals surface area contributed by atoms with Crippen molar-refractivity contribution in [3.05, 3.63) is 29.8 Å². The summed E-state index contributed by atoms with van der Waals surface area (Å²) in [6, 6.07) is 8.37. The van der Waals surface area contributed by atoms with Gasteiger partial charge in [-0.2, -0.15) is 0 Å². The monoisotopic (exact) mass is 346 g/mol. The Hall–Kier alpha value is -1.59. The zero-order valence-electron chi connectivity index (χ0n) is 15.6. The van der Waals surface area contributed by atoms with Gasteiger partial charge in [-0.1, -0.05) is 12.1 Å². The molecule has 1 heterocycles. The summed E-state index contributed by atoms with van der Waals surface area (Å²) in [6.07, 6.45) is 4.19. The summed E-state index contributed by atoms with van der Waals surface area (Å²) in [5.74, 6) is 1.01. The van der Waals surface area contributed by atoms with Crippen LogP contribution in [0, 0.1) is 0 Å². The van der Waals surface area contributed by atoms with Gasteiger partial charge in [0.25, 0.3) is 0 Å². The lowest BCUT2D eigenvalue weighted by molar-refractivity contribution is -0.135. The van der Waals surface area contributed by atoms with Crippen molar-refractivity contribution in [3.63, 3.8) is 0 Å². The number of carbonyl (C=O) groups excluding carboxylic acids is 1. The first kappa shape index (κ1) is 18.2. The van der Waals surface area contributed by atoms with Crippen LogP contribution in [0.1, 0.15) is 45.1 Å².